The number of carbonyl (C=O) groups excluding carboxylic acids is 1. The van der Waals surface area contributed by atoms with Gasteiger partial charge in [0.05, 0.1) is 12.8 Å². The van der Waals surface area contributed by atoms with E-state index >= 15 is 0 Å². The smallest absolute Gasteiger partial charge is 0.291 e. The van der Waals surface area contributed by atoms with Gasteiger partial charge in [-0.2, -0.15) is 5.10 Å². The molecule has 1 amide bonds. The third-order valence-corrected chi connectivity index (χ3v) is 1.94. The Labute approximate surface area is 85.9 Å². The Bertz CT molecular complexity index is 421. The van der Waals surface area contributed by atoms with Crippen LogP contribution < -0.4 is 0 Å². The summed E-state index contributed by atoms with van der Waals surface area (Å²) in [5.74, 6) is 0.735. The Kier molecular flexibility index (Phi) is 2.49. The zero-order chi connectivity index (χ0) is 10.7. The minimum absolute atomic E-state index is 0.219. The summed E-state index contributed by atoms with van der Waals surface area (Å²) < 4.78 is 5.13. The lowest BCUT2D eigenvalue weighted by atomic mass is 10.4. The molecular weight excluding hydrogens is 196 g/mol. The first kappa shape index (κ1) is 9.45. The lowest BCUT2D eigenvalue weighted by Crippen LogP contribution is -2.27. The van der Waals surface area contributed by atoms with E-state index in [2.05, 4.69) is 15.2 Å². The third-order valence-electron chi connectivity index (χ3n) is 1.94. The number of hydrogen-bond acceptors (Lipinski definition) is 4. The maximum absolute atomic E-state index is 11.7. The maximum atomic E-state index is 11.7. The fourth-order valence-corrected chi connectivity index (χ4v) is 1.20. The SMILES string of the molecule is CN(Cc1ccco1)C(=O)c1ncn[nH]1. The van der Waals surface area contributed by atoms with Crippen LogP contribution in [0.4, 0.5) is 0 Å². The molecule has 0 saturated carbocycles. The average molecular weight is 206 g/mol. The number of hydrogen-bond donors (Lipinski definition) is 1. The van der Waals surface area contributed by atoms with Gasteiger partial charge in [0.1, 0.15) is 12.1 Å². The molecule has 0 aliphatic carbocycles. The van der Waals surface area contributed by atoms with Gasteiger partial charge in [-0.05, 0) is 12.1 Å². The number of furan rings is 1. The molecule has 6 nitrogen and oxygen atoms in total. The molecule has 2 aromatic heterocycles. The lowest BCUT2D eigenvalue weighted by Gasteiger charge is -2.13. The van der Waals surface area contributed by atoms with E-state index in [-0.39, 0.29) is 11.7 Å². The average Bonchev–Trinajstić information content (AvgIpc) is 2.88. The number of amides is 1. The summed E-state index contributed by atoms with van der Waals surface area (Å²) in [6, 6.07) is 3.59. The Morgan fingerprint density at radius 2 is 2.53 bits per heavy atom. The van der Waals surface area contributed by atoms with Crippen molar-refractivity contribution in [2.75, 3.05) is 7.05 Å². The molecular formula is C9H10N4O2. The standard InChI is InChI=1S/C9H10N4O2/c1-13(5-7-3-2-4-15-7)9(14)8-10-6-11-12-8/h2-4,6H,5H2,1H3,(H,10,11,12). The van der Waals surface area contributed by atoms with Crippen molar-refractivity contribution in [1.82, 2.24) is 20.1 Å². The first-order valence-corrected chi connectivity index (χ1v) is 4.40. The van der Waals surface area contributed by atoms with Crippen molar-refractivity contribution in [1.29, 1.82) is 0 Å². The second-order valence-corrected chi connectivity index (χ2v) is 3.07. The number of aromatic nitrogens is 3. The van der Waals surface area contributed by atoms with Crippen LogP contribution in [0.1, 0.15) is 16.4 Å². The van der Waals surface area contributed by atoms with E-state index in [1.165, 1.54) is 11.2 Å². The molecule has 0 bridgehead atoms. The number of H-pyrrole nitrogens is 1. The van der Waals surface area contributed by atoms with Crippen LogP contribution >= 0.6 is 0 Å². The Morgan fingerprint density at radius 3 is 3.13 bits per heavy atom. The van der Waals surface area contributed by atoms with Crippen molar-refractivity contribution in [3.63, 3.8) is 0 Å². The van der Waals surface area contributed by atoms with Crippen molar-refractivity contribution >= 4 is 5.91 Å². The molecule has 0 atom stereocenters. The Balaban J connectivity index is 2.03. The number of aromatic amines is 1. The number of carbonyl (C=O) groups is 1. The third kappa shape index (κ3) is 2.04. The Morgan fingerprint density at radius 1 is 1.67 bits per heavy atom. The summed E-state index contributed by atoms with van der Waals surface area (Å²) in [5.41, 5.74) is 0. The monoisotopic (exact) mass is 206 g/mol. The molecule has 2 heterocycles. The highest BCUT2D eigenvalue weighted by atomic mass is 16.3. The minimum atomic E-state index is -0.219. The van der Waals surface area contributed by atoms with Gasteiger partial charge in [-0.25, -0.2) is 4.98 Å². The summed E-state index contributed by atoms with van der Waals surface area (Å²) in [7, 11) is 1.67. The molecule has 6 heteroatoms. The summed E-state index contributed by atoms with van der Waals surface area (Å²) in [6.45, 7) is 0.409. The van der Waals surface area contributed by atoms with Crippen LogP contribution in [0.25, 0.3) is 0 Å². The van der Waals surface area contributed by atoms with Crippen molar-refractivity contribution < 1.29 is 9.21 Å². The molecule has 0 aromatic carbocycles. The van der Waals surface area contributed by atoms with Crippen molar-refractivity contribution in [2.24, 2.45) is 0 Å². The zero-order valence-corrected chi connectivity index (χ0v) is 8.17. The maximum Gasteiger partial charge on any atom is 0.291 e. The van der Waals surface area contributed by atoms with Gasteiger partial charge in [0.2, 0.25) is 5.82 Å². The molecule has 0 saturated heterocycles. The summed E-state index contributed by atoms with van der Waals surface area (Å²) in [5, 5.41) is 6.13. The molecule has 0 unspecified atom stereocenters. The van der Waals surface area contributed by atoms with E-state index in [1.807, 2.05) is 6.07 Å². The molecule has 2 rings (SSSR count). The second kappa shape index (κ2) is 3.95. The van der Waals surface area contributed by atoms with Gasteiger partial charge in [-0.3, -0.25) is 9.89 Å². The van der Waals surface area contributed by atoms with E-state index in [4.69, 9.17) is 4.42 Å². The van der Waals surface area contributed by atoms with E-state index in [9.17, 15) is 4.79 Å². The molecule has 0 spiro atoms. The van der Waals surface area contributed by atoms with E-state index < -0.39 is 0 Å². The highest BCUT2D eigenvalue weighted by Crippen LogP contribution is 2.05. The van der Waals surface area contributed by atoms with Gasteiger partial charge in [-0.1, -0.05) is 0 Å². The van der Waals surface area contributed by atoms with Gasteiger partial charge < -0.3 is 9.32 Å². The predicted molar refractivity (Wildman–Crippen MR) is 50.9 cm³/mol. The molecule has 0 aliphatic heterocycles. The normalized spacial score (nSPS) is 10.2. The van der Waals surface area contributed by atoms with E-state index in [1.54, 1.807) is 19.4 Å². The predicted octanol–water partition coefficient (Wildman–Crippen LogP) is 0.670. The largest absolute Gasteiger partial charge is 0.467 e. The summed E-state index contributed by atoms with van der Waals surface area (Å²) in [4.78, 5) is 17.0. The molecule has 1 N–H and O–H groups in total. The minimum Gasteiger partial charge on any atom is -0.467 e. The van der Waals surface area contributed by atoms with Crippen molar-refractivity contribution in [2.45, 2.75) is 6.54 Å². The van der Waals surface area contributed by atoms with Crippen molar-refractivity contribution in [3.8, 4) is 0 Å². The van der Waals surface area contributed by atoms with Crippen LogP contribution in [0.2, 0.25) is 0 Å². The second-order valence-electron chi connectivity index (χ2n) is 3.07. The number of rotatable bonds is 3. The van der Waals surface area contributed by atoms with Gasteiger partial charge in [-0.15, -0.1) is 0 Å². The molecule has 2 aromatic rings. The first-order valence-electron chi connectivity index (χ1n) is 4.40. The topological polar surface area (TPSA) is 75.0 Å². The van der Waals surface area contributed by atoms with E-state index in [0.29, 0.717) is 6.54 Å². The van der Waals surface area contributed by atoms with Crippen LogP contribution in [-0.2, 0) is 6.54 Å². The molecule has 0 radical (unpaired) electrons. The van der Waals surface area contributed by atoms with Crippen LogP contribution in [0.5, 0.6) is 0 Å². The lowest BCUT2D eigenvalue weighted by molar-refractivity contribution is 0.0764. The van der Waals surface area contributed by atoms with Gasteiger partial charge in [0.15, 0.2) is 0 Å². The number of nitrogens with one attached hydrogen (secondary N) is 1. The van der Waals surface area contributed by atoms with Gasteiger partial charge in [0.25, 0.3) is 5.91 Å². The van der Waals surface area contributed by atoms with Crippen LogP contribution in [-0.4, -0.2) is 33.0 Å². The fraction of sp³-hybridized carbons (Fsp3) is 0.222. The quantitative estimate of drug-likeness (QED) is 0.800. The summed E-state index contributed by atoms with van der Waals surface area (Å²) in [6.07, 6.45) is 2.87. The fourth-order valence-electron chi connectivity index (χ4n) is 1.20. The Hall–Kier alpha value is -2.11. The van der Waals surface area contributed by atoms with Crippen LogP contribution in [0.3, 0.4) is 0 Å². The van der Waals surface area contributed by atoms with Crippen LogP contribution in [0, 0.1) is 0 Å². The molecule has 78 valence electrons. The van der Waals surface area contributed by atoms with Gasteiger partial charge in [0, 0.05) is 7.05 Å². The first-order chi connectivity index (χ1) is 7.27. The van der Waals surface area contributed by atoms with Crippen LogP contribution in [0.15, 0.2) is 29.1 Å². The highest BCUT2D eigenvalue weighted by molar-refractivity contribution is 5.89. The zero-order valence-electron chi connectivity index (χ0n) is 8.17. The molecule has 0 aliphatic rings. The van der Waals surface area contributed by atoms with Crippen molar-refractivity contribution in [3.05, 3.63) is 36.3 Å². The number of nitrogens with zero attached hydrogens (tertiary/aromatic N) is 3. The van der Waals surface area contributed by atoms with E-state index in [0.717, 1.165) is 5.76 Å². The molecule has 0 fully saturated rings. The highest BCUT2D eigenvalue weighted by Gasteiger charge is 2.15. The summed E-state index contributed by atoms with van der Waals surface area (Å²) >= 11 is 0. The van der Waals surface area contributed by atoms with Gasteiger partial charge >= 0.3 is 0 Å². The molecule has 15 heavy (non-hydrogen) atoms.